The van der Waals surface area contributed by atoms with E-state index in [-0.39, 0.29) is 17.9 Å². The lowest BCUT2D eigenvalue weighted by Gasteiger charge is -2.35. The Morgan fingerprint density at radius 1 is 1.11 bits per heavy atom. The van der Waals surface area contributed by atoms with Gasteiger partial charge in [-0.2, -0.15) is 10.1 Å². The second kappa shape index (κ2) is 9.14. The molecule has 5 aromatic rings. The lowest BCUT2D eigenvalue weighted by atomic mass is 10.0. The van der Waals surface area contributed by atoms with Gasteiger partial charge in [0.25, 0.3) is 5.91 Å². The normalized spacial score (nSPS) is 13.5. The van der Waals surface area contributed by atoms with E-state index >= 15 is 0 Å². The van der Waals surface area contributed by atoms with Gasteiger partial charge in [-0.1, -0.05) is 17.3 Å². The first-order valence-electron chi connectivity index (χ1n) is 12.0. The quantitative estimate of drug-likeness (QED) is 0.378. The highest BCUT2D eigenvalue weighted by Gasteiger charge is 2.36. The van der Waals surface area contributed by atoms with E-state index in [9.17, 15) is 9.59 Å². The highest BCUT2D eigenvalue weighted by atomic mass is 16.5. The van der Waals surface area contributed by atoms with E-state index in [4.69, 9.17) is 9.26 Å². The molecular weight excluding hydrogens is 488 g/mol. The van der Waals surface area contributed by atoms with E-state index < -0.39 is 0 Å². The van der Waals surface area contributed by atoms with Crippen molar-refractivity contribution >= 4 is 23.3 Å². The molecule has 5 heterocycles. The highest BCUT2D eigenvalue weighted by molar-refractivity contribution is 6.04. The number of hydrogen-bond donors (Lipinski definition) is 1. The molecule has 1 aromatic carbocycles. The number of likely N-dealkylation sites (tertiary alicyclic amines) is 1. The van der Waals surface area contributed by atoms with E-state index in [0.29, 0.717) is 47.4 Å². The summed E-state index contributed by atoms with van der Waals surface area (Å²) in [4.78, 5) is 35.3. The fraction of sp³-hybridized carbons (Fsp3) is 0.231. The smallest absolute Gasteiger partial charge is 0.409 e. The van der Waals surface area contributed by atoms with Gasteiger partial charge in [-0.25, -0.2) is 9.78 Å². The van der Waals surface area contributed by atoms with E-state index in [1.165, 1.54) is 7.11 Å². The number of imidazole rings is 1. The molecule has 1 aliphatic heterocycles. The van der Waals surface area contributed by atoms with Crippen molar-refractivity contribution in [1.29, 1.82) is 0 Å². The van der Waals surface area contributed by atoms with Crippen LogP contribution in [0.25, 0.3) is 28.3 Å². The number of hydrogen-bond acceptors (Lipinski definition) is 8. The minimum atomic E-state index is -0.375. The Morgan fingerprint density at radius 3 is 2.71 bits per heavy atom. The molecule has 0 bridgehead atoms. The van der Waals surface area contributed by atoms with Crippen LogP contribution in [-0.2, 0) is 11.8 Å². The summed E-state index contributed by atoms with van der Waals surface area (Å²) in [5, 5.41) is 11.5. The number of aryl methyl sites for hydroxylation is 2. The lowest BCUT2D eigenvalue weighted by Crippen LogP contribution is -2.48. The number of aromatic nitrogens is 6. The summed E-state index contributed by atoms with van der Waals surface area (Å²) in [6.07, 6.45) is 4.86. The molecule has 4 aromatic heterocycles. The van der Waals surface area contributed by atoms with Crippen molar-refractivity contribution in [1.82, 2.24) is 34.2 Å². The summed E-state index contributed by atoms with van der Waals surface area (Å²) in [5.41, 5.74) is 4.99. The number of ether oxygens (including phenoxy) is 1. The van der Waals surface area contributed by atoms with Gasteiger partial charge in [-0.05, 0) is 36.8 Å². The van der Waals surface area contributed by atoms with Crippen LogP contribution in [-0.4, -0.2) is 66.4 Å². The molecule has 2 amide bonds. The Labute approximate surface area is 216 Å². The fourth-order valence-corrected chi connectivity index (χ4v) is 4.39. The number of pyridine rings is 1. The van der Waals surface area contributed by atoms with Gasteiger partial charge < -0.3 is 19.5 Å². The zero-order valence-corrected chi connectivity index (χ0v) is 21.0. The molecule has 38 heavy (non-hydrogen) atoms. The molecule has 0 saturated carbocycles. The molecule has 0 radical (unpaired) electrons. The maximum Gasteiger partial charge on any atom is 0.409 e. The third kappa shape index (κ3) is 4.15. The van der Waals surface area contributed by atoms with Crippen molar-refractivity contribution in [3.05, 3.63) is 72.1 Å². The van der Waals surface area contributed by atoms with Crippen LogP contribution >= 0.6 is 0 Å². The zero-order chi connectivity index (χ0) is 26.4. The molecule has 0 unspecified atom stereocenters. The van der Waals surface area contributed by atoms with Crippen molar-refractivity contribution < 1.29 is 18.8 Å². The van der Waals surface area contributed by atoms with Crippen molar-refractivity contribution in [3.8, 4) is 22.6 Å². The summed E-state index contributed by atoms with van der Waals surface area (Å²) in [6.45, 7) is 2.84. The second-order valence-electron chi connectivity index (χ2n) is 9.17. The van der Waals surface area contributed by atoms with Gasteiger partial charge in [0.15, 0.2) is 0 Å². The Kier molecular flexibility index (Phi) is 5.63. The van der Waals surface area contributed by atoms with Crippen LogP contribution in [0.5, 0.6) is 0 Å². The molecule has 1 fully saturated rings. The summed E-state index contributed by atoms with van der Waals surface area (Å²) >= 11 is 0. The molecule has 0 atom stereocenters. The largest absolute Gasteiger partial charge is 0.453 e. The fourth-order valence-electron chi connectivity index (χ4n) is 4.39. The number of anilines is 1. The molecule has 1 N–H and O–H groups in total. The van der Waals surface area contributed by atoms with E-state index in [1.54, 1.807) is 20.2 Å². The summed E-state index contributed by atoms with van der Waals surface area (Å²) in [5.74, 6) is 0.536. The van der Waals surface area contributed by atoms with Crippen LogP contribution in [0.2, 0.25) is 0 Å². The summed E-state index contributed by atoms with van der Waals surface area (Å²) in [6, 6.07) is 11.3. The third-order valence-electron chi connectivity index (χ3n) is 6.60. The Bertz CT molecular complexity index is 1680. The molecule has 12 heteroatoms. The van der Waals surface area contributed by atoms with Crippen LogP contribution in [0, 0.1) is 6.92 Å². The van der Waals surface area contributed by atoms with Gasteiger partial charge >= 0.3 is 6.09 Å². The number of methoxy groups -OCH3 is 1. The average molecular weight is 513 g/mol. The van der Waals surface area contributed by atoms with Crippen molar-refractivity contribution in [2.75, 3.05) is 25.5 Å². The number of nitrogens with one attached hydrogen (secondary N) is 1. The van der Waals surface area contributed by atoms with Gasteiger partial charge in [0, 0.05) is 49.3 Å². The number of carbonyl (C=O) groups is 2. The molecular formula is C26H24N8O4. The minimum Gasteiger partial charge on any atom is -0.453 e. The number of rotatable bonds is 5. The van der Waals surface area contributed by atoms with Crippen LogP contribution in [0.15, 0.2) is 59.5 Å². The Balaban J connectivity index is 1.20. The number of nitrogens with zero attached hydrogens (tertiary/aromatic N) is 7. The van der Waals surface area contributed by atoms with Gasteiger partial charge in [0.05, 0.1) is 24.9 Å². The monoisotopic (exact) mass is 512 g/mol. The predicted molar refractivity (Wildman–Crippen MR) is 137 cm³/mol. The molecule has 192 valence electrons. The SMILES string of the molecule is COC(=O)N1CC(c2nc(-c3ccc(C)c(NC(=O)c4cnc5cc(-c6ccn(C)n6)ccn45)c3)no2)C1. The van der Waals surface area contributed by atoms with Gasteiger partial charge in [0.2, 0.25) is 11.7 Å². The van der Waals surface area contributed by atoms with Gasteiger partial charge in [0.1, 0.15) is 11.3 Å². The Morgan fingerprint density at radius 2 is 1.95 bits per heavy atom. The van der Waals surface area contributed by atoms with Gasteiger partial charge in [-0.15, -0.1) is 0 Å². The summed E-state index contributed by atoms with van der Waals surface area (Å²) in [7, 11) is 3.21. The number of benzene rings is 1. The van der Waals surface area contributed by atoms with E-state index in [1.807, 2.05) is 62.8 Å². The summed E-state index contributed by atoms with van der Waals surface area (Å²) < 4.78 is 13.6. The minimum absolute atomic E-state index is 0.0340. The molecule has 1 aliphatic rings. The molecule has 12 nitrogen and oxygen atoms in total. The number of fused-ring (bicyclic) bond motifs is 1. The molecule has 1 saturated heterocycles. The lowest BCUT2D eigenvalue weighted by molar-refractivity contribution is 0.0804. The molecule has 0 aliphatic carbocycles. The van der Waals surface area contributed by atoms with Crippen LogP contribution in [0.1, 0.15) is 27.9 Å². The predicted octanol–water partition coefficient (Wildman–Crippen LogP) is 3.51. The van der Waals surface area contributed by atoms with E-state index in [0.717, 1.165) is 16.8 Å². The first kappa shape index (κ1) is 23.4. The van der Waals surface area contributed by atoms with Crippen LogP contribution in [0.3, 0.4) is 0 Å². The number of carbonyl (C=O) groups excluding carboxylic acids is 2. The molecule has 6 rings (SSSR count). The molecule has 0 spiro atoms. The van der Waals surface area contributed by atoms with Crippen molar-refractivity contribution in [3.63, 3.8) is 0 Å². The topological polar surface area (TPSA) is 133 Å². The standard InChI is InChI=1S/C26H24N8O4/c1-15-4-5-17(23-29-25(38-31-23)18-13-33(14-18)26(36)37-3)10-20(15)28-24(35)21-12-27-22-11-16(6-9-34(21)22)19-7-8-32(2)30-19/h4-12,18H,13-14H2,1-3H3,(H,28,35). The maximum atomic E-state index is 13.2. The van der Waals surface area contributed by atoms with Crippen LogP contribution < -0.4 is 5.32 Å². The van der Waals surface area contributed by atoms with E-state index in [2.05, 4.69) is 25.5 Å². The third-order valence-corrected chi connectivity index (χ3v) is 6.60. The highest BCUT2D eigenvalue weighted by Crippen LogP contribution is 2.29. The second-order valence-corrected chi connectivity index (χ2v) is 9.17. The number of amides is 2. The van der Waals surface area contributed by atoms with Crippen molar-refractivity contribution in [2.45, 2.75) is 12.8 Å². The average Bonchev–Trinajstić information content (AvgIpc) is 3.64. The maximum absolute atomic E-state index is 13.2. The van der Waals surface area contributed by atoms with Crippen molar-refractivity contribution in [2.24, 2.45) is 7.05 Å². The van der Waals surface area contributed by atoms with Gasteiger partial charge in [-0.3, -0.25) is 13.9 Å². The zero-order valence-electron chi connectivity index (χ0n) is 21.0. The first-order chi connectivity index (χ1) is 18.4. The van der Waals surface area contributed by atoms with Crippen LogP contribution in [0.4, 0.5) is 10.5 Å². The first-order valence-corrected chi connectivity index (χ1v) is 12.0. The Hall–Kier alpha value is -5.00.